The van der Waals surface area contributed by atoms with Gasteiger partial charge in [-0.2, -0.15) is 5.10 Å². The van der Waals surface area contributed by atoms with Crippen LogP contribution in [0.3, 0.4) is 0 Å². The number of aromatic nitrogens is 4. The Kier molecular flexibility index (Phi) is 9.19. The van der Waals surface area contributed by atoms with E-state index in [0.717, 1.165) is 50.8 Å². The van der Waals surface area contributed by atoms with Crippen molar-refractivity contribution in [3.8, 4) is 34.1 Å². The van der Waals surface area contributed by atoms with Crippen LogP contribution < -0.4 is 4.74 Å². The van der Waals surface area contributed by atoms with Gasteiger partial charge in [0.1, 0.15) is 17.3 Å². The fourth-order valence-corrected chi connectivity index (χ4v) is 7.93. The zero-order chi connectivity index (χ0) is 39.8. The molecule has 0 fully saturated rings. The van der Waals surface area contributed by atoms with E-state index in [9.17, 15) is 0 Å². The molecule has 4 aromatic carbocycles. The summed E-state index contributed by atoms with van der Waals surface area (Å²) in [7, 11) is 0. The lowest BCUT2D eigenvalue weighted by atomic mass is 9.65. The van der Waals surface area contributed by atoms with Gasteiger partial charge in [-0.3, -0.25) is 4.57 Å². The molecule has 55 heavy (non-hydrogen) atoms. The van der Waals surface area contributed by atoms with Crippen molar-refractivity contribution in [2.24, 2.45) is 5.41 Å². The minimum absolute atomic E-state index is 0.0369. The third-order valence-electron chi connectivity index (χ3n) is 12.0. The highest BCUT2D eigenvalue weighted by Gasteiger charge is 2.35. The molecule has 0 saturated heterocycles. The first-order valence-electron chi connectivity index (χ1n) is 19.7. The number of rotatable bonds is 6. The van der Waals surface area contributed by atoms with Gasteiger partial charge in [0.15, 0.2) is 0 Å². The van der Waals surface area contributed by atoms with Crippen LogP contribution >= 0.6 is 0 Å². The molecule has 5 heteroatoms. The average molecular weight is 731 g/mol. The molecular formula is C50H58N4O. The summed E-state index contributed by atoms with van der Waals surface area (Å²) in [5.41, 5.74) is 13.0. The Hall–Kier alpha value is -5.16. The van der Waals surface area contributed by atoms with E-state index in [0.29, 0.717) is 0 Å². The van der Waals surface area contributed by atoms with E-state index >= 15 is 0 Å². The normalized spacial score (nSPS) is 12.9. The van der Waals surface area contributed by atoms with Gasteiger partial charge < -0.3 is 4.74 Å². The number of pyridine rings is 1. The topological polar surface area (TPSA) is 44.9 Å². The van der Waals surface area contributed by atoms with Crippen molar-refractivity contribution >= 4 is 21.8 Å². The predicted molar refractivity (Wildman–Crippen MR) is 232 cm³/mol. The van der Waals surface area contributed by atoms with Gasteiger partial charge in [0, 0.05) is 40.4 Å². The van der Waals surface area contributed by atoms with Gasteiger partial charge in [0.05, 0.1) is 22.4 Å². The predicted octanol–water partition coefficient (Wildman–Crippen LogP) is 13.7. The zero-order valence-electron chi connectivity index (χ0n) is 35.4. The monoisotopic (exact) mass is 730 g/mol. The molecule has 0 atom stereocenters. The van der Waals surface area contributed by atoms with Gasteiger partial charge in [0.25, 0.3) is 0 Å². The lowest BCUT2D eigenvalue weighted by Gasteiger charge is -2.39. The smallest absolute Gasteiger partial charge is 0.137 e. The SMILES string of the molecule is Cc1cc(C(C)(C)C)c(-c2c(C)nn(-c3cccc(Oc4ccc5c6ccccc6n(-c6cc(C(C)(C)C(C)(C)C)ccn6)c5c4)c3)c2C)c(C(C)(C)C)c1. The van der Waals surface area contributed by atoms with Gasteiger partial charge in [-0.15, -0.1) is 0 Å². The highest BCUT2D eigenvalue weighted by atomic mass is 16.5. The number of aryl methyl sites for hydroxylation is 2. The molecule has 0 unspecified atom stereocenters. The van der Waals surface area contributed by atoms with E-state index in [1.165, 1.54) is 38.8 Å². The van der Waals surface area contributed by atoms with Crippen LogP contribution in [-0.4, -0.2) is 19.3 Å². The molecule has 284 valence electrons. The second-order valence-electron chi connectivity index (χ2n) is 19.1. The number of hydrogen-bond acceptors (Lipinski definition) is 3. The average Bonchev–Trinajstić information content (AvgIpc) is 3.59. The van der Waals surface area contributed by atoms with E-state index in [4.69, 9.17) is 14.8 Å². The van der Waals surface area contributed by atoms with Gasteiger partial charge in [-0.05, 0) is 107 Å². The lowest BCUT2D eigenvalue weighted by molar-refractivity contribution is 0.225. The molecule has 3 heterocycles. The third-order valence-corrected chi connectivity index (χ3v) is 12.0. The third kappa shape index (κ3) is 6.77. The Balaban J connectivity index is 1.31. The first-order chi connectivity index (χ1) is 25.7. The second kappa shape index (κ2) is 13.3. The Morgan fingerprint density at radius 3 is 1.87 bits per heavy atom. The molecule has 0 aliphatic heterocycles. The Labute approximate surface area is 328 Å². The highest BCUT2D eigenvalue weighted by Crippen LogP contribution is 2.45. The second-order valence-corrected chi connectivity index (χ2v) is 19.1. The van der Waals surface area contributed by atoms with Crippen molar-refractivity contribution in [3.05, 3.63) is 131 Å². The molecule has 0 radical (unpaired) electrons. The van der Waals surface area contributed by atoms with E-state index in [2.05, 4.69) is 191 Å². The molecule has 0 N–H and O–H groups in total. The molecule has 0 amide bonds. The fraction of sp³-hybridized carbons (Fsp3) is 0.360. The maximum atomic E-state index is 6.69. The number of fused-ring (bicyclic) bond motifs is 3. The Bertz CT molecular complexity index is 2540. The molecule has 0 bridgehead atoms. The van der Waals surface area contributed by atoms with Crippen molar-refractivity contribution in [3.63, 3.8) is 0 Å². The van der Waals surface area contributed by atoms with E-state index < -0.39 is 0 Å². The van der Waals surface area contributed by atoms with Crippen LogP contribution in [0.15, 0.2) is 97.2 Å². The van der Waals surface area contributed by atoms with Crippen LogP contribution in [0.1, 0.15) is 110 Å². The minimum atomic E-state index is -0.0567. The van der Waals surface area contributed by atoms with Gasteiger partial charge >= 0.3 is 0 Å². The van der Waals surface area contributed by atoms with E-state index in [-0.39, 0.29) is 21.7 Å². The summed E-state index contributed by atoms with van der Waals surface area (Å²) < 4.78 is 11.0. The lowest BCUT2D eigenvalue weighted by Crippen LogP contribution is -2.34. The van der Waals surface area contributed by atoms with Crippen molar-refractivity contribution in [1.82, 2.24) is 19.3 Å². The van der Waals surface area contributed by atoms with Crippen LogP contribution in [0.5, 0.6) is 11.5 Å². The Morgan fingerprint density at radius 2 is 1.22 bits per heavy atom. The molecule has 7 rings (SSSR count). The van der Waals surface area contributed by atoms with Crippen molar-refractivity contribution in [1.29, 1.82) is 0 Å². The van der Waals surface area contributed by atoms with Crippen LogP contribution in [0.2, 0.25) is 0 Å². The summed E-state index contributed by atoms with van der Waals surface area (Å²) in [6.07, 6.45) is 1.95. The van der Waals surface area contributed by atoms with Gasteiger partial charge in [-0.1, -0.05) is 118 Å². The largest absolute Gasteiger partial charge is 0.457 e. The van der Waals surface area contributed by atoms with Gasteiger partial charge in [0.2, 0.25) is 0 Å². The minimum Gasteiger partial charge on any atom is -0.457 e. The molecule has 0 aliphatic carbocycles. The van der Waals surface area contributed by atoms with Crippen molar-refractivity contribution in [2.75, 3.05) is 0 Å². The molecule has 0 saturated carbocycles. The van der Waals surface area contributed by atoms with E-state index in [1.807, 2.05) is 12.3 Å². The van der Waals surface area contributed by atoms with Crippen molar-refractivity contribution in [2.45, 2.75) is 113 Å². The number of hydrogen-bond donors (Lipinski definition) is 0. The van der Waals surface area contributed by atoms with Crippen LogP contribution in [0, 0.1) is 26.2 Å². The molecule has 0 aliphatic rings. The highest BCUT2D eigenvalue weighted by molar-refractivity contribution is 6.09. The summed E-state index contributed by atoms with van der Waals surface area (Å²) in [5.74, 6) is 2.42. The Morgan fingerprint density at radius 1 is 0.582 bits per heavy atom. The maximum absolute atomic E-state index is 6.69. The molecular weight excluding hydrogens is 673 g/mol. The van der Waals surface area contributed by atoms with E-state index in [1.54, 1.807) is 0 Å². The van der Waals surface area contributed by atoms with Crippen LogP contribution in [-0.2, 0) is 16.2 Å². The molecule has 0 spiro atoms. The summed E-state index contributed by atoms with van der Waals surface area (Å²) in [6.45, 7) is 32.0. The summed E-state index contributed by atoms with van der Waals surface area (Å²) >= 11 is 0. The number of para-hydroxylation sites is 1. The molecule has 3 aromatic heterocycles. The summed E-state index contributed by atoms with van der Waals surface area (Å²) in [4.78, 5) is 4.93. The zero-order valence-corrected chi connectivity index (χ0v) is 35.4. The first-order valence-corrected chi connectivity index (χ1v) is 19.7. The quantitative estimate of drug-likeness (QED) is 0.171. The number of nitrogens with zero attached hydrogens (tertiary/aromatic N) is 4. The summed E-state index contributed by atoms with van der Waals surface area (Å²) in [6, 6.07) is 32.4. The van der Waals surface area contributed by atoms with Crippen LogP contribution in [0.4, 0.5) is 0 Å². The number of benzene rings is 4. The van der Waals surface area contributed by atoms with Crippen molar-refractivity contribution < 1.29 is 4.74 Å². The molecule has 7 aromatic rings. The van der Waals surface area contributed by atoms with Crippen LogP contribution in [0.25, 0.3) is 44.4 Å². The maximum Gasteiger partial charge on any atom is 0.137 e. The number of ether oxygens (including phenoxy) is 1. The fourth-order valence-electron chi connectivity index (χ4n) is 7.93. The summed E-state index contributed by atoms with van der Waals surface area (Å²) in [5, 5.41) is 7.52. The van der Waals surface area contributed by atoms with Gasteiger partial charge in [-0.25, -0.2) is 9.67 Å². The molecule has 5 nitrogen and oxygen atoms in total. The first kappa shape index (κ1) is 38.1. The standard InChI is InChI=1S/C50H58N4O/c1-31-26-40(47(4,5)6)46(41(27-31)48(7,8)9)45-32(2)52-54(33(45)3)35-18-17-19-36(29-35)55-37-22-23-39-38-20-15-16-21-42(38)53(43(39)30-37)44-28-34(24-25-51-44)50(13,14)49(10,11)12/h15-30H,1-14H3.